The van der Waals surface area contributed by atoms with Crippen LogP contribution < -0.4 is 4.74 Å². The first-order chi connectivity index (χ1) is 16.6. The highest BCUT2D eigenvalue weighted by molar-refractivity contribution is 6.30. The quantitative estimate of drug-likeness (QED) is 0.229. The highest BCUT2D eigenvalue weighted by atomic mass is 35.5. The third-order valence-corrected chi connectivity index (χ3v) is 6.02. The molecule has 0 N–H and O–H groups in total. The number of aromatic nitrogens is 1. The fourth-order valence-corrected chi connectivity index (χ4v) is 4.32. The number of carbonyl (C=O) groups is 1. The minimum absolute atomic E-state index is 0.00601. The minimum Gasteiger partial charge on any atom is -0.487 e. The van der Waals surface area contributed by atoms with E-state index in [0.29, 0.717) is 17.0 Å². The zero-order valence-corrected chi connectivity index (χ0v) is 19.0. The van der Waals surface area contributed by atoms with Crippen LogP contribution in [0.5, 0.6) is 5.75 Å². The molecule has 0 atom stereocenters. The average molecular weight is 474 g/mol. The number of esters is 1. The number of halogens is 2. The van der Waals surface area contributed by atoms with E-state index in [2.05, 4.69) is 6.08 Å². The van der Waals surface area contributed by atoms with Gasteiger partial charge in [0.25, 0.3) is 0 Å². The summed E-state index contributed by atoms with van der Waals surface area (Å²) in [7, 11) is 0. The largest absolute Gasteiger partial charge is 0.487 e. The first-order valence-electron chi connectivity index (χ1n) is 11.0. The highest BCUT2D eigenvalue weighted by Crippen LogP contribution is 2.37. The molecule has 0 fully saturated rings. The predicted molar refractivity (Wildman–Crippen MR) is 132 cm³/mol. The summed E-state index contributed by atoms with van der Waals surface area (Å²) in [6.45, 7) is 0.0612. The number of hydrogen-bond acceptors (Lipinski definition) is 4. The maximum atomic E-state index is 13.7. The molecule has 1 aliphatic carbocycles. The number of benzene rings is 3. The summed E-state index contributed by atoms with van der Waals surface area (Å²) in [5, 5.41) is 1.44. The Hall–Kier alpha value is -3.70. The fourth-order valence-electron chi connectivity index (χ4n) is 4.19. The van der Waals surface area contributed by atoms with Crippen LogP contribution in [0.1, 0.15) is 33.6 Å². The smallest absolute Gasteiger partial charge is 0.339 e. The van der Waals surface area contributed by atoms with E-state index in [4.69, 9.17) is 26.1 Å². The second kappa shape index (κ2) is 9.65. The summed E-state index contributed by atoms with van der Waals surface area (Å²) >= 11 is 6.01. The molecule has 0 bridgehead atoms. The van der Waals surface area contributed by atoms with E-state index in [1.54, 1.807) is 12.1 Å². The van der Waals surface area contributed by atoms with E-state index in [1.807, 2.05) is 48.5 Å². The third-order valence-electron chi connectivity index (χ3n) is 5.77. The molecule has 1 aliphatic rings. The van der Waals surface area contributed by atoms with Crippen LogP contribution in [0.25, 0.3) is 22.6 Å². The van der Waals surface area contributed by atoms with Gasteiger partial charge in [-0.1, -0.05) is 54.1 Å². The summed E-state index contributed by atoms with van der Waals surface area (Å²) in [6, 6.07) is 21.3. The molecule has 0 spiro atoms. The molecule has 0 saturated heterocycles. The van der Waals surface area contributed by atoms with Gasteiger partial charge in [-0.15, -0.1) is 0 Å². The van der Waals surface area contributed by atoms with Crippen molar-refractivity contribution < 1.29 is 18.7 Å². The number of pyridine rings is 1. The zero-order chi connectivity index (χ0) is 23.5. The summed E-state index contributed by atoms with van der Waals surface area (Å²) in [5.41, 5.74) is 5.07. The molecule has 0 saturated carbocycles. The van der Waals surface area contributed by atoms with Crippen molar-refractivity contribution in [2.45, 2.75) is 12.8 Å². The first-order valence-corrected chi connectivity index (χ1v) is 11.4. The molecule has 0 radical (unpaired) electrons. The Labute approximate surface area is 201 Å². The van der Waals surface area contributed by atoms with Crippen LogP contribution in [0.15, 0.2) is 72.8 Å². The van der Waals surface area contributed by atoms with Crippen LogP contribution in [0, 0.1) is 5.82 Å². The lowest BCUT2D eigenvalue weighted by Gasteiger charge is -2.13. The molecular weight excluding hydrogens is 453 g/mol. The summed E-state index contributed by atoms with van der Waals surface area (Å²) in [4.78, 5) is 18.1. The normalized spacial score (nSPS) is 13.8. The van der Waals surface area contributed by atoms with Gasteiger partial charge in [0.2, 0.25) is 0 Å². The van der Waals surface area contributed by atoms with Crippen molar-refractivity contribution in [3.63, 3.8) is 0 Å². The number of rotatable bonds is 6. The van der Waals surface area contributed by atoms with E-state index >= 15 is 0 Å². The maximum absolute atomic E-state index is 13.7. The van der Waals surface area contributed by atoms with Crippen LogP contribution in [0.4, 0.5) is 4.39 Å². The molecule has 5 rings (SSSR count). The monoisotopic (exact) mass is 473 g/mol. The SMILES string of the molecule is O=C(OCCOc1ccccc1F)c1c2c(nc3ccccc13)C(=Cc1ccc(Cl)cc1)CC2. The van der Waals surface area contributed by atoms with E-state index in [-0.39, 0.29) is 19.0 Å². The molecule has 0 amide bonds. The van der Waals surface area contributed by atoms with Gasteiger partial charge in [-0.25, -0.2) is 14.2 Å². The summed E-state index contributed by atoms with van der Waals surface area (Å²) in [6.07, 6.45) is 3.56. The summed E-state index contributed by atoms with van der Waals surface area (Å²) in [5.74, 6) is -0.753. The van der Waals surface area contributed by atoms with Crippen molar-refractivity contribution in [1.29, 1.82) is 0 Å². The molecule has 1 aromatic heterocycles. The van der Waals surface area contributed by atoms with Gasteiger partial charge in [-0.05, 0) is 65.9 Å². The second-order valence-corrected chi connectivity index (χ2v) is 8.40. The molecule has 0 unspecified atom stereocenters. The van der Waals surface area contributed by atoms with Gasteiger partial charge in [0, 0.05) is 10.4 Å². The van der Waals surface area contributed by atoms with Gasteiger partial charge in [-0.3, -0.25) is 0 Å². The van der Waals surface area contributed by atoms with Crippen molar-refractivity contribution in [3.8, 4) is 5.75 Å². The topological polar surface area (TPSA) is 48.4 Å². The van der Waals surface area contributed by atoms with Crippen molar-refractivity contribution in [2.75, 3.05) is 13.2 Å². The van der Waals surface area contributed by atoms with Crippen molar-refractivity contribution in [2.24, 2.45) is 0 Å². The molecule has 1 heterocycles. The lowest BCUT2D eigenvalue weighted by molar-refractivity contribution is 0.0449. The number of carbonyl (C=O) groups excluding carboxylic acids is 1. The number of allylic oxidation sites excluding steroid dienone is 1. The maximum Gasteiger partial charge on any atom is 0.339 e. The molecule has 34 heavy (non-hydrogen) atoms. The Bertz CT molecular complexity index is 1400. The van der Waals surface area contributed by atoms with Crippen LogP contribution in [0.3, 0.4) is 0 Å². The van der Waals surface area contributed by atoms with Crippen molar-refractivity contribution in [3.05, 3.63) is 106 Å². The predicted octanol–water partition coefficient (Wildman–Crippen LogP) is 6.75. The second-order valence-electron chi connectivity index (χ2n) is 7.97. The summed E-state index contributed by atoms with van der Waals surface area (Å²) < 4.78 is 24.7. The van der Waals surface area contributed by atoms with Gasteiger partial charge >= 0.3 is 5.97 Å². The van der Waals surface area contributed by atoms with Gasteiger partial charge < -0.3 is 9.47 Å². The molecule has 0 aliphatic heterocycles. The Morgan fingerprint density at radius 2 is 1.74 bits per heavy atom. The highest BCUT2D eigenvalue weighted by Gasteiger charge is 2.27. The molecule has 170 valence electrons. The number of hydrogen-bond donors (Lipinski definition) is 0. The molecule has 6 heteroatoms. The van der Waals surface area contributed by atoms with Gasteiger partial charge in [0.15, 0.2) is 11.6 Å². The Balaban J connectivity index is 1.41. The van der Waals surface area contributed by atoms with Gasteiger partial charge in [-0.2, -0.15) is 0 Å². The van der Waals surface area contributed by atoms with Gasteiger partial charge in [0.05, 0.1) is 16.8 Å². The van der Waals surface area contributed by atoms with Crippen LogP contribution >= 0.6 is 11.6 Å². The van der Waals surface area contributed by atoms with Gasteiger partial charge in [0.1, 0.15) is 13.2 Å². The zero-order valence-electron chi connectivity index (χ0n) is 18.3. The molecular formula is C28H21ClFNO3. The Kier molecular flexibility index (Phi) is 6.28. The molecule has 3 aromatic carbocycles. The van der Waals surface area contributed by atoms with E-state index in [9.17, 15) is 9.18 Å². The lowest BCUT2D eigenvalue weighted by atomic mass is 10.0. The van der Waals surface area contributed by atoms with E-state index in [1.165, 1.54) is 12.1 Å². The number of fused-ring (bicyclic) bond motifs is 2. The number of ether oxygens (including phenoxy) is 2. The lowest BCUT2D eigenvalue weighted by Crippen LogP contribution is -2.15. The first kappa shape index (κ1) is 22.1. The van der Waals surface area contributed by atoms with Crippen LogP contribution in [0.2, 0.25) is 5.02 Å². The van der Waals surface area contributed by atoms with Crippen molar-refractivity contribution >= 4 is 40.1 Å². The third kappa shape index (κ3) is 4.52. The fraction of sp³-hybridized carbons (Fsp3) is 0.143. The minimum atomic E-state index is -0.452. The molecule has 4 aromatic rings. The molecule has 4 nitrogen and oxygen atoms in total. The van der Waals surface area contributed by atoms with Crippen molar-refractivity contribution in [1.82, 2.24) is 4.98 Å². The van der Waals surface area contributed by atoms with Crippen LogP contribution in [-0.2, 0) is 11.2 Å². The number of nitrogens with zero attached hydrogens (tertiary/aromatic N) is 1. The number of para-hydroxylation sites is 2. The van der Waals surface area contributed by atoms with Crippen LogP contribution in [-0.4, -0.2) is 24.2 Å². The van der Waals surface area contributed by atoms with E-state index < -0.39 is 11.8 Å². The van der Waals surface area contributed by atoms with E-state index in [0.717, 1.165) is 39.7 Å². The Morgan fingerprint density at radius 1 is 0.971 bits per heavy atom. The Morgan fingerprint density at radius 3 is 2.56 bits per heavy atom. The average Bonchev–Trinajstić information content (AvgIpc) is 3.24. The standard InChI is InChI=1S/C28H21ClFNO3/c29-20-12-9-18(10-13-20)17-19-11-14-22-26(21-5-1-3-7-24(21)31-27(19)22)28(32)34-16-15-33-25-8-4-2-6-23(25)30/h1-10,12-13,17H,11,14-16H2.